The van der Waals surface area contributed by atoms with Gasteiger partial charge in [-0.1, -0.05) is 243 Å². The van der Waals surface area contributed by atoms with Crippen molar-refractivity contribution in [1.82, 2.24) is 0 Å². The number of para-hydroxylation sites is 1. The van der Waals surface area contributed by atoms with Crippen LogP contribution >= 0.6 is 45.3 Å². The molecule has 0 N–H and O–H groups in total. The predicted octanol–water partition coefficient (Wildman–Crippen LogP) is 39.7. The van der Waals surface area contributed by atoms with Crippen LogP contribution in [-0.2, 0) is 16.2 Å². The summed E-state index contributed by atoms with van der Waals surface area (Å²) in [6, 6.07) is 150. The normalized spacial score (nSPS) is 24.8. The number of thiophene rings is 4. The zero-order chi connectivity index (χ0) is 95.1. The fourth-order valence-corrected chi connectivity index (χ4v) is 38.4. The minimum atomic E-state index is 0.126. The summed E-state index contributed by atoms with van der Waals surface area (Å²) in [6.07, 6.45) is 21.2. The third-order valence-corrected chi connectivity index (χ3v) is 43.3. The Hall–Kier alpha value is -14.0. The second kappa shape index (κ2) is 32.0. The lowest BCUT2D eigenvalue weighted by Gasteiger charge is -2.61. The lowest BCUT2D eigenvalue weighted by atomic mass is 9.43. The maximum absolute atomic E-state index is 6.30. The van der Waals surface area contributed by atoms with Gasteiger partial charge in [0.25, 0.3) is 0 Å². The van der Waals surface area contributed by atoms with E-state index in [1.165, 1.54) is 267 Å². The van der Waals surface area contributed by atoms with Crippen molar-refractivity contribution in [2.45, 2.75) is 113 Å². The summed E-state index contributed by atoms with van der Waals surface area (Å²) in [7, 11) is 0. The van der Waals surface area contributed by atoms with Crippen molar-refractivity contribution in [3.63, 3.8) is 0 Å². The van der Waals surface area contributed by atoms with Gasteiger partial charge in [-0.15, -0.1) is 45.3 Å². The Kier molecular flexibility index (Phi) is 18.5. The Bertz CT molecular complexity index is 8950. The van der Waals surface area contributed by atoms with Gasteiger partial charge >= 0.3 is 0 Å². The zero-order valence-electron chi connectivity index (χ0n) is 81.4. The second-order valence-electron chi connectivity index (χ2n) is 45.7. The number of hydrogen-bond donors (Lipinski definition) is 0. The molecule has 3 spiro atoms. The quantitative estimate of drug-likeness (QED) is 0.136. The minimum absolute atomic E-state index is 0.126. The number of nitrogens with zero attached hydrogens (tertiary/aromatic N) is 3. The lowest BCUT2D eigenvalue weighted by molar-refractivity contribution is -0.0399. The summed E-state index contributed by atoms with van der Waals surface area (Å²) in [5.74, 6) is 10.0. The van der Waals surface area contributed by atoms with Gasteiger partial charge in [0.05, 0.1) is 0 Å². The summed E-state index contributed by atoms with van der Waals surface area (Å²) in [5, 5.41) is 13.1. The molecule has 0 saturated heterocycles. The van der Waals surface area contributed by atoms with E-state index < -0.39 is 0 Å². The van der Waals surface area contributed by atoms with Gasteiger partial charge in [0.2, 0.25) is 0 Å². The molecule has 15 aliphatic carbocycles. The van der Waals surface area contributed by atoms with E-state index in [4.69, 9.17) is 4.42 Å². The predicted molar refractivity (Wildman–Crippen MR) is 617 cm³/mol. The van der Waals surface area contributed by atoms with Crippen LogP contribution in [0.4, 0.5) is 51.2 Å². The molecular formula is C138H107N3OS4. The monoisotopic (exact) mass is 1950 g/mol. The van der Waals surface area contributed by atoms with Crippen LogP contribution in [0, 0.1) is 71.0 Å². The molecule has 0 atom stereocenters. The smallest absolute Gasteiger partial charge is 0.135 e. The van der Waals surface area contributed by atoms with Crippen molar-refractivity contribution in [1.29, 1.82) is 0 Å². The highest BCUT2D eigenvalue weighted by molar-refractivity contribution is 7.27. The van der Waals surface area contributed by atoms with Gasteiger partial charge in [-0.25, -0.2) is 0 Å². The molecule has 38 rings (SSSR count). The number of fused-ring (bicyclic) bond motifs is 24. The molecule has 5 heterocycles. The number of furan rings is 1. The first-order valence-corrected chi connectivity index (χ1v) is 57.3. The molecule has 0 unspecified atom stereocenters. The number of benzene rings is 18. The van der Waals surface area contributed by atoms with Crippen LogP contribution in [-0.4, -0.2) is 0 Å². The van der Waals surface area contributed by atoms with Crippen molar-refractivity contribution in [3.8, 4) is 44.5 Å². The molecule has 5 aromatic heterocycles. The number of rotatable bonds is 10. The fraction of sp³-hybridized carbons (Fsp3) is 0.217. The van der Waals surface area contributed by atoms with E-state index in [-0.39, 0.29) is 16.2 Å². The van der Waals surface area contributed by atoms with Gasteiger partial charge in [0.1, 0.15) is 11.2 Å². The summed E-state index contributed by atoms with van der Waals surface area (Å²) in [4.78, 5) is 7.60. The van der Waals surface area contributed by atoms with Gasteiger partial charge in [-0.2, -0.15) is 0 Å². The van der Waals surface area contributed by atoms with Crippen LogP contribution in [0.1, 0.15) is 130 Å². The first-order valence-electron chi connectivity index (χ1n) is 54.0. The Morgan fingerprint density at radius 2 is 0.445 bits per heavy atom. The first kappa shape index (κ1) is 84.3. The topological polar surface area (TPSA) is 22.9 Å². The lowest BCUT2D eigenvalue weighted by Crippen LogP contribution is -2.55. The molecule has 146 heavy (non-hydrogen) atoms. The summed E-state index contributed by atoms with van der Waals surface area (Å²) in [6.45, 7) is 0. The molecule has 0 radical (unpaired) electrons. The average Bonchev–Trinajstić information content (AvgIpc) is 1.51. The van der Waals surface area contributed by atoms with E-state index in [1.807, 2.05) is 45.3 Å². The van der Waals surface area contributed by atoms with Gasteiger partial charge in [0.15, 0.2) is 0 Å². The molecule has 12 bridgehead atoms. The molecule has 704 valence electrons. The summed E-state index contributed by atoms with van der Waals surface area (Å²) >= 11 is 7.60. The van der Waals surface area contributed by atoms with Crippen LogP contribution in [0.2, 0.25) is 0 Å². The minimum Gasteiger partial charge on any atom is -0.456 e. The Labute approximate surface area is 866 Å². The molecule has 8 heteroatoms. The molecule has 12 fully saturated rings. The van der Waals surface area contributed by atoms with Gasteiger partial charge in [-0.3, -0.25) is 0 Å². The average molecular weight is 1950 g/mol. The Morgan fingerprint density at radius 3 is 0.856 bits per heavy atom. The van der Waals surface area contributed by atoms with Crippen molar-refractivity contribution in [2.75, 3.05) is 14.7 Å². The van der Waals surface area contributed by atoms with Crippen LogP contribution in [0.5, 0.6) is 0 Å². The molecule has 23 aromatic rings. The summed E-state index contributed by atoms with van der Waals surface area (Å²) < 4.78 is 17.0. The summed E-state index contributed by atoms with van der Waals surface area (Å²) in [5.41, 5.74) is 34.3. The van der Waals surface area contributed by atoms with E-state index in [0.717, 1.165) is 98.6 Å². The van der Waals surface area contributed by atoms with Gasteiger partial charge < -0.3 is 19.1 Å². The Morgan fingerprint density at radius 1 is 0.171 bits per heavy atom. The molecule has 4 nitrogen and oxygen atoms in total. The SMILES string of the molecule is c1ccc(-c2cccc(N(c3ccc4c(c3)C3(c5ccccc5-4)C4CC5CC(C4)CC3C5)c3ccc4c(c3)sc3ccccc34)c2)cc1.c1ccc2c(c1)-c1ccc(N(c3ccc4c(c3)sc3ccccc34)c3ccc4oc5ccccc5c4c3)cc1C21C2CC3CC(C2)CC1C3.c1ccc2c(c1)-c1ccc(N(c3ccc4c(c3)sc3ccccc34)c3ccc4sc5ccccc5c4c3)cc1C21C2CC3CC(C2)CC1C3. The molecule has 12 saturated carbocycles. The second-order valence-corrected chi connectivity index (χ2v) is 50.0. The van der Waals surface area contributed by atoms with Crippen molar-refractivity contribution >= 4 is 199 Å². The highest BCUT2D eigenvalue weighted by Gasteiger charge is 2.65. The third kappa shape index (κ3) is 12.3. The van der Waals surface area contributed by atoms with Crippen molar-refractivity contribution in [3.05, 3.63) is 428 Å². The van der Waals surface area contributed by atoms with E-state index in [9.17, 15) is 0 Å². The molecule has 18 aromatic carbocycles. The first-order chi connectivity index (χ1) is 72.2. The van der Waals surface area contributed by atoms with Crippen LogP contribution in [0.15, 0.2) is 399 Å². The maximum Gasteiger partial charge on any atom is 0.135 e. The third-order valence-electron chi connectivity index (χ3n) is 38.7. The maximum atomic E-state index is 6.30. The van der Waals surface area contributed by atoms with Crippen molar-refractivity contribution < 1.29 is 4.42 Å². The largest absolute Gasteiger partial charge is 0.456 e. The number of anilines is 9. The molecule has 15 aliphatic rings. The zero-order valence-corrected chi connectivity index (χ0v) is 84.7. The standard InChI is InChI=1S/C46H35NOS.C46H35NS2.C46H37NS/c1-4-10-40-34(7-1)35-16-13-32(25-41(35)46(40)29-20-27-19-28(22-29)23-30(46)21-27)47(31-15-18-43-39(24-31)36-8-2-5-11-42(36)48-43)33-14-17-38-37-9-3-6-12-44(37)49-45(38)26-33;1-4-10-40-34(7-1)35-16-13-32(25-41(35)46(40)29-20-27-19-28(22-29)23-30(46)21-27)47(31-15-18-44-39(24-31)37-9-3-6-12-43(37)48-44)33-14-17-38-36-8-2-5-11-42(36)49-45(38)26-33;1-2-9-31(10-3-1)32-11-8-12-35(26-32)47(37-18-20-41-40-14-5-7-16-44(40)48-45(41)28-37)36-17-19-39-38-13-4-6-15-42(38)46(43(39)27-36)33-22-29-21-30(24-33)25-34(46)23-29/h2*1-18,24-30H,19-23H2;1-20,26-30,33-34H,21-25H2. The molecule has 0 aliphatic heterocycles. The van der Waals surface area contributed by atoms with E-state index in [1.54, 1.807) is 33.4 Å². The van der Waals surface area contributed by atoms with Crippen LogP contribution in [0.25, 0.3) is 147 Å². The van der Waals surface area contributed by atoms with Gasteiger partial charge in [0, 0.05) is 159 Å². The highest BCUT2D eigenvalue weighted by atomic mass is 32.1. The van der Waals surface area contributed by atoms with E-state index in [0.29, 0.717) is 0 Å². The van der Waals surface area contributed by atoms with Crippen LogP contribution < -0.4 is 14.7 Å². The van der Waals surface area contributed by atoms with Crippen LogP contribution in [0.3, 0.4) is 0 Å². The Balaban J connectivity index is 0.0000000958. The fourth-order valence-electron chi connectivity index (χ4n) is 33.9. The highest BCUT2D eigenvalue weighted by Crippen LogP contribution is 2.74. The van der Waals surface area contributed by atoms with E-state index in [2.05, 4.69) is 409 Å². The van der Waals surface area contributed by atoms with Crippen molar-refractivity contribution in [2.24, 2.45) is 71.0 Å². The van der Waals surface area contributed by atoms with Gasteiger partial charge in [-0.05, 0) is 397 Å². The number of hydrogen-bond acceptors (Lipinski definition) is 8. The van der Waals surface area contributed by atoms with E-state index >= 15 is 0 Å². The molecular weight excluding hydrogens is 1840 g/mol. The molecule has 0 amide bonds.